The average molecular weight is 347 g/mol. The summed E-state index contributed by atoms with van der Waals surface area (Å²) >= 11 is 0. The van der Waals surface area contributed by atoms with Crippen LogP contribution in [0.25, 0.3) is 0 Å². The summed E-state index contributed by atoms with van der Waals surface area (Å²) in [7, 11) is 0. The fraction of sp³-hybridized carbons (Fsp3) is 0.143. The van der Waals surface area contributed by atoms with Gasteiger partial charge in [0.25, 0.3) is 11.5 Å². The number of hydrogen-bond donors (Lipinski definition) is 3. The molecule has 0 unspecified atom stereocenters. The van der Waals surface area contributed by atoms with Crippen molar-refractivity contribution in [2.75, 3.05) is 17.2 Å². The van der Waals surface area contributed by atoms with Crippen LogP contribution in [0.1, 0.15) is 21.6 Å². The molecule has 0 bridgehead atoms. The van der Waals surface area contributed by atoms with Crippen LogP contribution in [0.4, 0.5) is 11.4 Å². The quantitative estimate of drug-likeness (QED) is 0.638. The molecule has 0 atom stereocenters. The summed E-state index contributed by atoms with van der Waals surface area (Å²) < 4.78 is 0. The highest BCUT2D eigenvalue weighted by molar-refractivity contribution is 6.04. The number of hydrogen-bond acceptors (Lipinski definition) is 3. The third kappa shape index (κ3) is 4.60. The molecule has 0 radical (unpaired) electrons. The van der Waals surface area contributed by atoms with Crippen molar-refractivity contribution < 1.29 is 4.79 Å². The van der Waals surface area contributed by atoms with E-state index >= 15 is 0 Å². The number of aromatic amines is 1. The Morgan fingerprint density at radius 3 is 2.31 bits per heavy atom. The van der Waals surface area contributed by atoms with Gasteiger partial charge in [-0.1, -0.05) is 30.3 Å². The van der Waals surface area contributed by atoms with Crippen LogP contribution in [0.3, 0.4) is 0 Å². The second-order valence-corrected chi connectivity index (χ2v) is 6.08. The molecule has 3 N–H and O–H groups in total. The van der Waals surface area contributed by atoms with Gasteiger partial charge in [-0.3, -0.25) is 9.59 Å². The Hall–Kier alpha value is -3.34. The molecule has 5 heteroatoms. The van der Waals surface area contributed by atoms with Crippen LogP contribution in [0.2, 0.25) is 0 Å². The van der Waals surface area contributed by atoms with Gasteiger partial charge in [-0.2, -0.15) is 0 Å². The maximum Gasteiger partial charge on any atom is 0.261 e. The second-order valence-electron chi connectivity index (χ2n) is 6.08. The van der Waals surface area contributed by atoms with Gasteiger partial charge >= 0.3 is 0 Å². The van der Waals surface area contributed by atoms with Gasteiger partial charge in [-0.05, 0) is 55.3 Å². The minimum atomic E-state index is -0.420. The fourth-order valence-corrected chi connectivity index (χ4v) is 2.62. The van der Waals surface area contributed by atoms with Crippen LogP contribution < -0.4 is 16.2 Å². The topological polar surface area (TPSA) is 74.0 Å². The largest absolute Gasteiger partial charge is 0.385 e. The molecule has 0 aliphatic carbocycles. The van der Waals surface area contributed by atoms with Gasteiger partial charge in [0.1, 0.15) is 5.56 Å². The lowest BCUT2D eigenvalue weighted by atomic mass is 10.1. The first-order valence-corrected chi connectivity index (χ1v) is 8.51. The summed E-state index contributed by atoms with van der Waals surface area (Å²) in [5, 5.41) is 6.09. The van der Waals surface area contributed by atoms with Crippen molar-refractivity contribution in [1.82, 2.24) is 4.98 Å². The molecule has 0 spiro atoms. The zero-order valence-corrected chi connectivity index (χ0v) is 14.6. The molecule has 0 saturated carbocycles. The standard InChI is InChI=1S/C21H21N3O2/c1-15-7-12-19(20(25)23-15)21(26)24-18-10-8-17(9-11-18)22-14-13-16-5-3-2-4-6-16/h2-12,22H,13-14H2,1H3,(H,23,25)(H,24,26). The molecule has 1 amide bonds. The van der Waals surface area contributed by atoms with Crippen LogP contribution in [0, 0.1) is 6.92 Å². The number of benzene rings is 2. The SMILES string of the molecule is Cc1ccc(C(=O)Nc2ccc(NCCc3ccccc3)cc2)c(=O)[nH]1. The number of rotatable bonds is 6. The fourth-order valence-electron chi connectivity index (χ4n) is 2.62. The number of amides is 1. The Bertz CT molecular complexity index is 931. The predicted molar refractivity (Wildman–Crippen MR) is 105 cm³/mol. The molecule has 0 aliphatic rings. The molecule has 0 fully saturated rings. The predicted octanol–water partition coefficient (Wildman–Crippen LogP) is 3.59. The van der Waals surface area contributed by atoms with Crippen LogP contribution in [-0.4, -0.2) is 17.4 Å². The van der Waals surface area contributed by atoms with E-state index in [0.717, 1.165) is 24.3 Å². The molecular formula is C21H21N3O2. The highest BCUT2D eigenvalue weighted by Crippen LogP contribution is 2.14. The third-order valence-corrected chi connectivity index (χ3v) is 4.03. The molecule has 5 nitrogen and oxygen atoms in total. The van der Waals surface area contributed by atoms with Gasteiger partial charge < -0.3 is 15.6 Å². The van der Waals surface area contributed by atoms with Gasteiger partial charge in [0.05, 0.1) is 0 Å². The lowest BCUT2D eigenvalue weighted by molar-refractivity contribution is 0.102. The normalized spacial score (nSPS) is 10.3. The van der Waals surface area contributed by atoms with Crippen molar-refractivity contribution >= 4 is 17.3 Å². The molecule has 1 heterocycles. The zero-order valence-electron chi connectivity index (χ0n) is 14.6. The van der Waals surface area contributed by atoms with Crippen LogP contribution in [-0.2, 0) is 6.42 Å². The number of nitrogens with one attached hydrogen (secondary N) is 3. The Balaban J connectivity index is 1.55. The van der Waals surface area contributed by atoms with Crippen LogP contribution >= 0.6 is 0 Å². The number of aryl methyl sites for hydroxylation is 1. The molecular weight excluding hydrogens is 326 g/mol. The summed E-state index contributed by atoms with van der Waals surface area (Å²) in [6.07, 6.45) is 0.940. The number of pyridine rings is 1. The van der Waals surface area contributed by atoms with E-state index in [4.69, 9.17) is 0 Å². The summed E-state index contributed by atoms with van der Waals surface area (Å²) in [6, 6.07) is 20.9. The van der Waals surface area contributed by atoms with E-state index in [-0.39, 0.29) is 11.1 Å². The Labute approximate surface area is 152 Å². The molecule has 3 rings (SSSR count). The van der Waals surface area contributed by atoms with E-state index in [1.54, 1.807) is 13.0 Å². The first kappa shape index (κ1) is 17.5. The number of carbonyl (C=O) groups excluding carboxylic acids is 1. The lowest BCUT2D eigenvalue weighted by Crippen LogP contribution is -2.23. The van der Waals surface area contributed by atoms with Crippen LogP contribution in [0.15, 0.2) is 71.5 Å². The van der Waals surface area contributed by atoms with Crippen molar-refractivity contribution in [2.45, 2.75) is 13.3 Å². The Kier molecular flexibility index (Phi) is 5.49. The van der Waals surface area contributed by atoms with E-state index in [2.05, 4.69) is 27.8 Å². The molecule has 1 aromatic heterocycles. The second kappa shape index (κ2) is 8.16. The highest BCUT2D eigenvalue weighted by atomic mass is 16.2. The molecule has 132 valence electrons. The lowest BCUT2D eigenvalue weighted by Gasteiger charge is -2.09. The summed E-state index contributed by atoms with van der Waals surface area (Å²) in [5.41, 5.74) is 3.34. The number of H-pyrrole nitrogens is 1. The first-order chi connectivity index (χ1) is 12.6. The molecule has 0 aliphatic heterocycles. The first-order valence-electron chi connectivity index (χ1n) is 8.51. The number of anilines is 2. The minimum absolute atomic E-state index is 0.0978. The van der Waals surface area contributed by atoms with Crippen molar-refractivity contribution in [1.29, 1.82) is 0 Å². The van der Waals surface area contributed by atoms with Crippen LogP contribution in [0.5, 0.6) is 0 Å². The number of carbonyl (C=O) groups is 1. The third-order valence-electron chi connectivity index (χ3n) is 4.03. The van der Waals surface area contributed by atoms with E-state index in [0.29, 0.717) is 5.69 Å². The van der Waals surface area contributed by atoms with Gasteiger partial charge in [0, 0.05) is 23.6 Å². The van der Waals surface area contributed by atoms with E-state index < -0.39 is 5.91 Å². The monoisotopic (exact) mass is 347 g/mol. The van der Waals surface area contributed by atoms with E-state index in [1.807, 2.05) is 42.5 Å². The molecule has 3 aromatic rings. The van der Waals surface area contributed by atoms with Gasteiger partial charge in [-0.25, -0.2) is 0 Å². The summed E-state index contributed by atoms with van der Waals surface area (Å²) in [4.78, 5) is 26.7. The van der Waals surface area contributed by atoms with Gasteiger partial charge in [0.2, 0.25) is 0 Å². The molecule has 2 aromatic carbocycles. The maximum atomic E-state index is 12.2. The summed E-state index contributed by atoms with van der Waals surface area (Å²) in [5.74, 6) is -0.420. The van der Waals surface area contributed by atoms with Crippen molar-refractivity contribution in [2.24, 2.45) is 0 Å². The highest BCUT2D eigenvalue weighted by Gasteiger charge is 2.10. The van der Waals surface area contributed by atoms with Gasteiger partial charge in [-0.15, -0.1) is 0 Å². The minimum Gasteiger partial charge on any atom is -0.385 e. The maximum absolute atomic E-state index is 12.2. The summed E-state index contributed by atoms with van der Waals surface area (Å²) in [6.45, 7) is 2.60. The smallest absolute Gasteiger partial charge is 0.261 e. The Morgan fingerprint density at radius 1 is 0.923 bits per heavy atom. The molecule has 0 saturated heterocycles. The van der Waals surface area contributed by atoms with Crippen molar-refractivity contribution in [3.8, 4) is 0 Å². The zero-order chi connectivity index (χ0) is 18.4. The van der Waals surface area contributed by atoms with E-state index in [1.165, 1.54) is 11.6 Å². The van der Waals surface area contributed by atoms with Crippen molar-refractivity contribution in [3.63, 3.8) is 0 Å². The number of aromatic nitrogens is 1. The van der Waals surface area contributed by atoms with Gasteiger partial charge in [0.15, 0.2) is 0 Å². The van der Waals surface area contributed by atoms with Crippen molar-refractivity contribution in [3.05, 3.63) is 93.9 Å². The molecule has 26 heavy (non-hydrogen) atoms. The average Bonchev–Trinajstić information content (AvgIpc) is 2.64. The van der Waals surface area contributed by atoms with E-state index in [9.17, 15) is 9.59 Å². The Morgan fingerprint density at radius 2 is 1.62 bits per heavy atom.